The molecular weight excluding hydrogens is 190 g/mol. The van der Waals surface area contributed by atoms with E-state index in [9.17, 15) is 9.59 Å². The molecule has 3 heteroatoms. The van der Waals surface area contributed by atoms with Gasteiger partial charge in [0.2, 0.25) is 0 Å². The first-order valence-corrected chi connectivity index (χ1v) is 5.32. The van der Waals surface area contributed by atoms with Gasteiger partial charge in [-0.2, -0.15) is 0 Å². The summed E-state index contributed by atoms with van der Waals surface area (Å²) in [5.41, 5.74) is 0.437. The maximum atomic E-state index is 11.4. The molecule has 0 aromatic rings. The number of amides is 2. The van der Waals surface area contributed by atoms with E-state index in [0.29, 0.717) is 12.5 Å². The number of rotatable bonds is 2. The van der Waals surface area contributed by atoms with Crippen molar-refractivity contribution < 1.29 is 9.59 Å². The largest absolute Gasteiger partial charge is 0.275 e. The van der Waals surface area contributed by atoms with Crippen LogP contribution in [-0.4, -0.2) is 23.3 Å². The van der Waals surface area contributed by atoms with Gasteiger partial charge in [-0.3, -0.25) is 14.5 Å². The summed E-state index contributed by atoms with van der Waals surface area (Å²) < 4.78 is 0. The molecule has 1 aliphatic heterocycles. The van der Waals surface area contributed by atoms with E-state index in [1.54, 1.807) is 0 Å². The zero-order valence-corrected chi connectivity index (χ0v) is 9.70. The summed E-state index contributed by atoms with van der Waals surface area (Å²) in [4.78, 5) is 24.1. The average molecular weight is 207 g/mol. The average Bonchev–Trinajstić information content (AvgIpc) is 2.41. The van der Waals surface area contributed by atoms with Gasteiger partial charge in [-0.25, -0.2) is 0 Å². The van der Waals surface area contributed by atoms with Crippen molar-refractivity contribution in [3.05, 3.63) is 12.2 Å². The van der Waals surface area contributed by atoms with Crippen LogP contribution in [0.5, 0.6) is 0 Å². The number of imide groups is 1. The second-order valence-electron chi connectivity index (χ2n) is 5.62. The van der Waals surface area contributed by atoms with Crippen molar-refractivity contribution in [2.45, 2.75) is 27.7 Å². The van der Waals surface area contributed by atoms with Gasteiger partial charge in [-0.15, -0.1) is 0 Å². The van der Waals surface area contributed by atoms with Crippen molar-refractivity contribution in [2.24, 2.45) is 16.7 Å². The Morgan fingerprint density at radius 3 is 1.80 bits per heavy atom. The first-order valence-electron chi connectivity index (χ1n) is 5.32. The number of hydrogen-bond acceptors (Lipinski definition) is 2. The van der Waals surface area contributed by atoms with Crippen LogP contribution < -0.4 is 0 Å². The van der Waals surface area contributed by atoms with Gasteiger partial charge >= 0.3 is 0 Å². The highest BCUT2D eigenvalue weighted by molar-refractivity contribution is 6.12. The molecule has 0 spiro atoms. The molecule has 15 heavy (non-hydrogen) atoms. The van der Waals surface area contributed by atoms with Gasteiger partial charge in [-0.1, -0.05) is 27.7 Å². The topological polar surface area (TPSA) is 37.4 Å². The van der Waals surface area contributed by atoms with Gasteiger partial charge in [0.05, 0.1) is 0 Å². The molecule has 1 heterocycles. The zero-order chi connectivity index (χ0) is 11.4. The first-order chi connectivity index (χ1) is 6.78. The van der Waals surface area contributed by atoms with E-state index < -0.39 is 0 Å². The fraction of sp³-hybridized carbons (Fsp3) is 0.667. The lowest BCUT2D eigenvalue weighted by Gasteiger charge is -2.14. The van der Waals surface area contributed by atoms with Crippen LogP contribution in [0, 0.1) is 16.7 Å². The van der Waals surface area contributed by atoms with Crippen molar-refractivity contribution >= 4 is 11.8 Å². The van der Waals surface area contributed by atoms with Gasteiger partial charge in [0.25, 0.3) is 11.8 Å². The molecule has 0 N–H and O–H groups in total. The number of carbonyl (C=O) groups excluding carboxylic acids is 2. The molecular formula is C12H17NO2. The van der Waals surface area contributed by atoms with Gasteiger partial charge in [0, 0.05) is 18.7 Å². The molecule has 2 amide bonds. The summed E-state index contributed by atoms with van der Waals surface area (Å²) in [6.45, 7) is 9.32. The van der Waals surface area contributed by atoms with Crippen LogP contribution >= 0.6 is 0 Å². The Kier molecular flexibility index (Phi) is 1.88. The summed E-state index contributed by atoms with van der Waals surface area (Å²) in [5.74, 6) is 0.0785. The maximum Gasteiger partial charge on any atom is 0.253 e. The van der Waals surface area contributed by atoms with E-state index in [1.807, 2.05) is 0 Å². The molecule has 0 radical (unpaired) electrons. The fourth-order valence-electron chi connectivity index (χ4n) is 2.58. The molecule has 2 aliphatic rings. The second-order valence-corrected chi connectivity index (χ2v) is 5.62. The second kappa shape index (κ2) is 2.71. The molecule has 82 valence electrons. The van der Waals surface area contributed by atoms with Crippen LogP contribution in [0.4, 0.5) is 0 Å². The van der Waals surface area contributed by atoms with Crippen molar-refractivity contribution in [3.8, 4) is 0 Å². The fourth-order valence-corrected chi connectivity index (χ4v) is 2.58. The summed E-state index contributed by atoms with van der Waals surface area (Å²) >= 11 is 0. The lowest BCUT2D eigenvalue weighted by molar-refractivity contribution is -0.137. The van der Waals surface area contributed by atoms with E-state index in [1.165, 1.54) is 17.1 Å². The Bertz CT molecular complexity index is 334. The standard InChI is InChI=1S/C12H17NO2/c1-11(2)8(12(11,3)4)7-13-9(14)5-6-10(13)15/h5-6,8H,7H2,1-4H3. The van der Waals surface area contributed by atoms with Crippen molar-refractivity contribution in [3.63, 3.8) is 0 Å². The van der Waals surface area contributed by atoms with Crippen molar-refractivity contribution in [1.82, 2.24) is 4.90 Å². The van der Waals surface area contributed by atoms with Gasteiger partial charge < -0.3 is 0 Å². The molecule has 0 aromatic heterocycles. The molecule has 1 fully saturated rings. The monoisotopic (exact) mass is 207 g/mol. The number of hydrogen-bond donors (Lipinski definition) is 0. The van der Waals surface area contributed by atoms with Crippen LogP contribution in [0.25, 0.3) is 0 Å². The minimum Gasteiger partial charge on any atom is -0.275 e. The minimum atomic E-state index is -0.168. The van der Waals surface area contributed by atoms with Gasteiger partial charge in [-0.05, 0) is 16.7 Å². The number of carbonyl (C=O) groups is 2. The summed E-state index contributed by atoms with van der Waals surface area (Å²) in [6, 6.07) is 0. The van der Waals surface area contributed by atoms with Crippen LogP contribution in [0.15, 0.2) is 12.2 Å². The first kappa shape index (κ1) is 10.4. The summed E-state index contributed by atoms with van der Waals surface area (Å²) in [7, 11) is 0. The highest BCUT2D eigenvalue weighted by atomic mass is 16.2. The predicted octanol–water partition coefficient (Wildman–Crippen LogP) is 1.59. The molecule has 1 aliphatic carbocycles. The Morgan fingerprint density at radius 1 is 1.07 bits per heavy atom. The Morgan fingerprint density at radius 2 is 1.47 bits per heavy atom. The Balaban J connectivity index is 2.07. The SMILES string of the molecule is CC1(C)C(CN2C(=O)C=CC2=O)C1(C)C. The van der Waals surface area contributed by atoms with E-state index in [4.69, 9.17) is 0 Å². The molecule has 0 unspecified atom stereocenters. The Hall–Kier alpha value is -1.12. The van der Waals surface area contributed by atoms with Crippen LogP contribution in [0.1, 0.15) is 27.7 Å². The number of nitrogens with zero attached hydrogens (tertiary/aromatic N) is 1. The molecule has 1 saturated carbocycles. The van der Waals surface area contributed by atoms with E-state index in [-0.39, 0.29) is 22.6 Å². The lowest BCUT2D eigenvalue weighted by Crippen LogP contribution is -2.33. The molecule has 0 saturated heterocycles. The smallest absolute Gasteiger partial charge is 0.253 e. The minimum absolute atomic E-state index is 0.168. The highest BCUT2D eigenvalue weighted by Crippen LogP contribution is 2.68. The van der Waals surface area contributed by atoms with Crippen LogP contribution in [0.2, 0.25) is 0 Å². The molecule has 0 bridgehead atoms. The zero-order valence-electron chi connectivity index (χ0n) is 9.70. The van der Waals surface area contributed by atoms with E-state index in [2.05, 4.69) is 27.7 Å². The third-order valence-electron chi connectivity index (χ3n) is 4.59. The van der Waals surface area contributed by atoms with Crippen molar-refractivity contribution in [2.75, 3.05) is 6.54 Å². The summed E-state index contributed by atoms with van der Waals surface area (Å²) in [5, 5.41) is 0. The molecule has 0 atom stereocenters. The highest BCUT2D eigenvalue weighted by Gasteiger charge is 2.65. The van der Waals surface area contributed by atoms with E-state index in [0.717, 1.165) is 0 Å². The molecule has 0 aromatic carbocycles. The normalized spacial score (nSPS) is 27.6. The molecule has 2 rings (SSSR count). The van der Waals surface area contributed by atoms with E-state index >= 15 is 0 Å². The predicted molar refractivity (Wildman–Crippen MR) is 56.9 cm³/mol. The quantitative estimate of drug-likeness (QED) is 0.645. The van der Waals surface area contributed by atoms with Crippen molar-refractivity contribution in [1.29, 1.82) is 0 Å². The van der Waals surface area contributed by atoms with Gasteiger partial charge in [0.1, 0.15) is 0 Å². The third kappa shape index (κ3) is 1.25. The maximum absolute atomic E-state index is 11.4. The lowest BCUT2D eigenvalue weighted by atomic mass is 10.0. The van der Waals surface area contributed by atoms with Crippen LogP contribution in [0.3, 0.4) is 0 Å². The Labute approximate surface area is 90.1 Å². The molecule has 3 nitrogen and oxygen atoms in total. The third-order valence-corrected chi connectivity index (χ3v) is 4.59. The van der Waals surface area contributed by atoms with Gasteiger partial charge in [0.15, 0.2) is 0 Å². The van der Waals surface area contributed by atoms with Crippen LogP contribution in [-0.2, 0) is 9.59 Å². The summed E-state index contributed by atoms with van der Waals surface area (Å²) in [6.07, 6.45) is 2.70.